The van der Waals surface area contributed by atoms with E-state index in [1.54, 1.807) is 0 Å². The summed E-state index contributed by atoms with van der Waals surface area (Å²) in [6.45, 7) is 16.0. The van der Waals surface area contributed by atoms with Crippen molar-refractivity contribution in [3.63, 3.8) is 0 Å². The Morgan fingerprint density at radius 3 is 2.25 bits per heavy atom. The third-order valence-electron chi connectivity index (χ3n) is 16.9. The lowest BCUT2D eigenvalue weighted by Gasteiger charge is -2.75. The number of rotatable bonds is 10. The Labute approximate surface area is 353 Å². The first kappa shape index (κ1) is 40.9. The molecule has 3 heterocycles. The second-order valence-electron chi connectivity index (χ2n) is 20.6. The van der Waals surface area contributed by atoms with Crippen LogP contribution in [-0.4, -0.2) is 95.1 Å². The molecule has 8 nitrogen and oxygen atoms in total. The van der Waals surface area contributed by atoms with Crippen LogP contribution in [0.15, 0.2) is 72.8 Å². The summed E-state index contributed by atoms with van der Waals surface area (Å²) in [4.78, 5) is 19.9. The van der Waals surface area contributed by atoms with Gasteiger partial charge in [0.2, 0.25) is 5.91 Å². The minimum atomic E-state index is -0.909. The lowest BCUT2D eigenvalue weighted by Crippen LogP contribution is -2.83. The van der Waals surface area contributed by atoms with Crippen molar-refractivity contribution < 1.29 is 24.5 Å². The van der Waals surface area contributed by atoms with Crippen LogP contribution < -0.4 is 9.64 Å². The number of carbonyl (C=O) groups is 1. The number of phenolic OH excluding ortho intramolecular Hbond substituents is 1. The monoisotopic (exact) mass is 804 g/mol. The Bertz CT molecular complexity index is 1990. The number of hydrogen-bond donors (Lipinski definition) is 2. The van der Waals surface area contributed by atoms with Crippen molar-refractivity contribution in [3.8, 4) is 11.5 Å². The van der Waals surface area contributed by atoms with Gasteiger partial charge in [-0.05, 0) is 118 Å². The minimum Gasteiger partial charge on any atom is -0.504 e. The van der Waals surface area contributed by atoms with E-state index in [9.17, 15) is 15.0 Å². The molecule has 1 amide bonds. The third kappa shape index (κ3) is 6.48. The molecular formula is C51H69N3O5. The number of hydrogen-bond acceptors (Lipinski definition) is 7. The first-order chi connectivity index (χ1) is 28.3. The van der Waals surface area contributed by atoms with Crippen molar-refractivity contribution in [2.45, 2.75) is 140 Å². The van der Waals surface area contributed by atoms with Crippen LogP contribution in [0.2, 0.25) is 0 Å². The van der Waals surface area contributed by atoms with Crippen LogP contribution in [-0.2, 0) is 27.8 Å². The van der Waals surface area contributed by atoms with Crippen molar-refractivity contribution in [1.29, 1.82) is 0 Å². The van der Waals surface area contributed by atoms with Gasteiger partial charge >= 0.3 is 0 Å². The van der Waals surface area contributed by atoms with E-state index in [-0.39, 0.29) is 39.9 Å². The minimum absolute atomic E-state index is 0.0294. The fraction of sp³-hybridized carbons (Fsp3) is 0.627. The largest absolute Gasteiger partial charge is 0.504 e. The quantitative estimate of drug-likeness (QED) is 0.213. The van der Waals surface area contributed by atoms with Gasteiger partial charge in [0.1, 0.15) is 11.7 Å². The number of aromatic hydroxyl groups is 1. The van der Waals surface area contributed by atoms with E-state index in [0.29, 0.717) is 24.3 Å². The van der Waals surface area contributed by atoms with Gasteiger partial charge < -0.3 is 29.5 Å². The number of para-hydroxylation sites is 1. The summed E-state index contributed by atoms with van der Waals surface area (Å²) in [7, 11) is 1.83. The Balaban J connectivity index is 0.000000160. The first-order valence-corrected chi connectivity index (χ1v) is 23.0. The number of aliphatic hydroxyl groups is 1. The molecule has 3 aliphatic heterocycles. The molecule has 4 saturated carbocycles. The van der Waals surface area contributed by atoms with Crippen LogP contribution in [0.5, 0.6) is 11.5 Å². The number of fused-ring (bicyclic) bond motifs is 2. The number of anilines is 1. The van der Waals surface area contributed by atoms with E-state index in [1.807, 2.05) is 50.1 Å². The summed E-state index contributed by atoms with van der Waals surface area (Å²) in [5, 5.41) is 23.2. The molecule has 2 spiro atoms. The fourth-order valence-corrected chi connectivity index (χ4v) is 13.2. The molecule has 0 aromatic heterocycles. The number of carbonyl (C=O) groups excluding carboxylic acids is 1. The van der Waals surface area contributed by atoms with Gasteiger partial charge in [-0.1, -0.05) is 82.3 Å². The molecule has 0 radical (unpaired) electrons. The van der Waals surface area contributed by atoms with Crippen LogP contribution in [0.25, 0.3) is 0 Å². The van der Waals surface area contributed by atoms with Gasteiger partial charge in [0.05, 0.1) is 5.60 Å². The van der Waals surface area contributed by atoms with Crippen LogP contribution >= 0.6 is 0 Å². The van der Waals surface area contributed by atoms with E-state index in [2.05, 4.69) is 79.1 Å². The number of benzene rings is 3. The zero-order chi connectivity index (χ0) is 41.4. The summed E-state index contributed by atoms with van der Waals surface area (Å²) < 4.78 is 13.5. The first-order valence-electron chi connectivity index (χ1n) is 23.0. The van der Waals surface area contributed by atoms with Gasteiger partial charge in [-0.25, -0.2) is 0 Å². The number of ether oxygens (including phenoxy) is 2. The molecule has 0 unspecified atom stereocenters. The molecule has 8 heteroatoms. The van der Waals surface area contributed by atoms with E-state index in [0.717, 1.165) is 89.2 Å². The van der Waals surface area contributed by atoms with Crippen molar-refractivity contribution in [2.24, 2.45) is 22.7 Å². The topological polar surface area (TPSA) is 85.7 Å². The summed E-state index contributed by atoms with van der Waals surface area (Å²) in [5.41, 5.74) is 3.22. The second-order valence-corrected chi connectivity index (χ2v) is 20.6. The number of phenols is 1. The molecule has 7 atom stereocenters. The molecule has 2 saturated heterocycles. The zero-order valence-electron chi connectivity index (χ0n) is 36.6. The molecule has 59 heavy (non-hydrogen) atoms. The highest BCUT2D eigenvalue weighted by atomic mass is 16.6. The van der Waals surface area contributed by atoms with Gasteiger partial charge in [-0.2, -0.15) is 0 Å². The summed E-state index contributed by atoms with van der Waals surface area (Å²) in [6, 6.07) is 25.6. The Hall–Kier alpha value is -3.43. The predicted molar refractivity (Wildman–Crippen MR) is 234 cm³/mol. The average Bonchev–Trinajstić information content (AvgIpc) is 3.99. The van der Waals surface area contributed by atoms with E-state index in [1.165, 1.54) is 36.1 Å². The van der Waals surface area contributed by atoms with E-state index >= 15 is 0 Å². The molecule has 5 aliphatic carbocycles. The Morgan fingerprint density at radius 1 is 0.915 bits per heavy atom. The summed E-state index contributed by atoms with van der Waals surface area (Å²) in [6.07, 6.45) is 11.4. The highest BCUT2D eigenvalue weighted by Crippen LogP contribution is 2.78. The number of methoxy groups -OCH3 is 1. The Kier molecular flexibility index (Phi) is 10.5. The molecule has 6 fully saturated rings. The van der Waals surface area contributed by atoms with Gasteiger partial charge in [0, 0.05) is 79.8 Å². The molecule has 4 bridgehead atoms. The summed E-state index contributed by atoms with van der Waals surface area (Å²) in [5.74, 6) is 2.03. The zero-order valence-corrected chi connectivity index (χ0v) is 36.6. The van der Waals surface area contributed by atoms with Crippen LogP contribution in [0.1, 0.15) is 109 Å². The molecule has 8 aliphatic rings. The van der Waals surface area contributed by atoms with Crippen LogP contribution in [0.3, 0.4) is 0 Å². The second kappa shape index (κ2) is 15.2. The smallest absolute Gasteiger partial charge is 0.226 e. The van der Waals surface area contributed by atoms with Crippen molar-refractivity contribution in [1.82, 2.24) is 9.80 Å². The summed E-state index contributed by atoms with van der Waals surface area (Å²) >= 11 is 0. The van der Waals surface area contributed by atoms with Crippen molar-refractivity contribution in [2.75, 3.05) is 44.7 Å². The maximum Gasteiger partial charge on any atom is 0.226 e. The maximum atomic E-state index is 12.5. The molecule has 11 rings (SSSR count). The fourth-order valence-electron chi connectivity index (χ4n) is 13.2. The standard InChI is InChI=1S/C29H41NO4.C22H28N2O/c1-25(2,3)26(4,32)20-15-27-10-11-29(20,33-5)24-28(27)12-13-30(16-17-6-7-17)21(27)14-18-8-9-19(31)23(34-24)22(18)28;1-2-22(25)24(20-11-7-4-8-12-20)21-14-17-23(18-15-21)16-13-19-9-5-3-6-10-19/h8-9,17,20-21,24,31-32H,6-7,10-16H2,1-5H3;3-12,21H,2,13-18H2,1H3/t20-,21-,24-,26+,27-,28+,29+;/m1./s1. The SMILES string of the molecule is CCC(=O)N(c1ccccc1)C1CCN(CCc2ccccc2)CC1.CO[C@@]12CC[C@@]3(C[C@@H]1[C@](C)(O)C(C)(C)C)[C@H]1Cc4ccc(O)c5c4[C@@]3(CCN1CC1CC1)[C@H]2O5. The number of amides is 1. The van der Waals surface area contributed by atoms with E-state index in [4.69, 9.17) is 9.47 Å². The Morgan fingerprint density at radius 2 is 1.61 bits per heavy atom. The van der Waals surface area contributed by atoms with Crippen LogP contribution in [0, 0.1) is 22.7 Å². The molecule has 3 aromatic rings. The molecule has 318 valence electrons. The maximum absolute atomic E-state index is 12.5. The van der Waals surface area contributed by atoms with Gasteiger partial charge in [-0.15, -0.1) is 0 Å². The third-order valence-corrected chi connectivity index (χ3v) is 16.9. The van der Waals surface area contributed by atoms with Crippen molar-refractivity contribution in [3.05, 3.63) is 89.5 Å². The highest BCUT2D eigenvalue weighted by molar-refractivity contribution is 5.93. The van der Waals surface area contributed by atoms with Gasteiger partial charge in [-0.3, -0.25) is 9.69 Å². The van der Waals surface area contributed by atoms with Crippen LogP contribution in [0.4, 0.5) is 5.69 Å². The molecule has 3 aromatic carbocycles. The van der Waals surface area contributed by atoms with E-state index < -0.39 is 11.2 Å². The van der Waals surface area contributed by atoms with Crippen molar-refractivity contribution >= 4 is 11.6 Å². The van der Waals surface area contributed by atoms with Gasteiger partial charge in [0.15, 0.2) is 11.5 Å². The van der Waals surface area contributed by atoms with Gasteiger partial charge in [0.25, 0.3) is 0 Å². The lowest BCUT2D eigenvalue weighted by molar-refractivity contribution is -0.312. The number of nitrogens with zero attached hydrogens (tertiary/aromatic N) is 3. The predicted octanol–water partition coefficient (Wildman–Crippen LogP) is 8.55. The number of likely N-dealkylation sites (tertiary alicyclic amines) is 2. The number of piperidine rings is 2. The highest BCUT2D eigenvalue weighted by Gasteiger charge is 2.82. The normalized spacial score (nSPS) is 32.0. The molecular weight excluding hydrogens is 735 g/mol. The molecule has 2 N–H and O–H groups in total. The lowest BCUT2D eigenvalue weighted by atomic mass is 9.33. The average molecular weight is 804 g/mol.